The van der Waals surface area contributed by atoms with Crippen molar-refractivity contribution in [3.63, 3.8) is 0 Å². The first-order chi connectivity index (χ1) is 14.8. The van der Waals surface area contributed by atoms with Gasteiger partial charge in [0, 0.05) is 42.3 Å². The molecule has 0 amide bonds. The number of rotatable bonds is 6. The zero-order valence-corrected chi connectivity index (χ0v) is 18.8. The molecule has 8 heteroatoms. The largest absolute Gasteiger partial charge is 0.442 e. The van der Waals surface area contributed by atoms with Gasteiger partial charge in [0.05, 0.1) is 11.1 Å². The van der Waals surface area contributed by atoms with Crippen molar-refractivity contribution in [3.8, 4) is 0 Å². The number of aliphatic hydroxyl groups excluding tert-OH is 1. The minimum atomic E-state index is -0.742. The fourth-order valence-electron chi connectivity index (χ4n) is 4.55. The van der Waals surface area contributed by atoms with Crippen LogP contribution in [0.25, 0.3) is 11.1 Å². The molecule has 1 aliphatic carbocycles. The van der Waals surface area contributed by atoms with Gasteiger partial charge in [0.1, 0.15) is 24.1 Å². The number of anilines is 1. The molecule has 1 unspecified atom stereocenters. The molecule has 0 bridgehead atoms. The minimum absolute atomic E-state index is 0.0758. The van der Waals surface area contributed by atoms with Crippen LogP contribution in [-0.2, 0) is 0 Å². The zero-order valence-electron chi connectivity index (χ0n) is 18.8. The summed E-state index contributed by atoms with van der Waals surface area (Å²) in [6.45, 7) is 9.98. The normalized spacial score (nSPS) is 20.5. The van der Waals surface area contributed by atoms with E-state index in [0.29, 0.717) is 23.4 Å². The molecule has 4 heterocycles. The maximum atomic E-state index is 11.3. The molecule has 2 N–H and O–H groups in total. The van der Waals surface area contributed by atoms with Gasteiger partial charge in [0.15, 0.2) is 0 Å². The summed E-state index contributed by atoms with van der Waals surface area (Å²) in [5.74, 6) is 1.89. The summed E-state index contributed by atoms with van der Waals surface area (Å²) < 4.78 is 7.93. The second-order valence-corrected chi connectivity index (χ2v) is 9.66. The molecule has 0 spiro atoms. The molecule has 31 heavy (non-hydrogen) atoms. The Morgan fingerprint density at radius 1 is 1.23 bits per heavy atom. The third-order valence-electron chi connectivity index (χ3n) is 6.84. The summed E-state index contributed by atoms with van der Waals surface area (Å²) in [6, 6.07) is 2.51. The molecule has 3 aromatic heterocycles. The van der Waals surface area contributed by atoms with Crippen LogP contribution in [0.3, 0.4) is 0 Å². The van der Waals surface area contributed by atoms with Crippen molar-refractivity contribution < 1.29 is 9.52 Å². The van der Waals surface area contributed by atoms with Crippen LogP contribution in [-0.4, -0.2) is 48.4 Å². The molecular weight excluding hydrogens is 392 g/mol. The van der Waals surface area contributed by atoms with Crippen molar-refractivity contribution in [2.24, 2.45) is 0 Å². The highest BCUT2D eigenvalue weighted by Crippen LogP contribution is 2.42. The maximum absolute atomic E-state index is 11.3. The lowest BCUT2D eigenvalue weighted by molar-refractivity contribution is -0.0134. The quantitative estimate of drug-likeness (QED) is 0.614. The van der Waals surface area contributed by atoms with Crippen LogP contribution in [0.4, 0.5) is 5.82 Å². The van der Waals surface area contributed by atoms with Gasteiger partial charge in [-0.15, -0.1) is 0 Å². The number of likely N-dealkylation sites (tertiary alicyclic amines) is 1. The first-order valence-corrected chi connectivity index (χ1v) is 11.3. The van der Waals surface area contributed by atoms with Crippen molar-refractivity contribution >= 4 is 16.9 Å². The average molecular weight is 425 g/mol. The first-order valence-electron chi connectivity index (χ1n) is 11.3. The second kappa shape index (κ2) is 7.60. The number of fused-ring (bicyclic) bond motifs is 1. The molecule has 1 atom stereocenters. The third kappa shape index (κ3) is 3.83. The van der Waals surface area contributed by atoms with Gasteiger partial charge in [-0.1, -0.05) is 0 Å². The van der Waals surface area contributed by atoms with Crippen molar-refractivity contribution in [2.75, 3.05) is 18.4 Å². The lowest BCUT2D eigenvalue weighted by Crippen LogP contribution is -2.36. The van der Waals surface area contributed by atoms with Crippen molar-refractivity contribution in [1.82, 2.24) is 24.6 Å². The SMILES string of the molecule is Cc1oc2ncnc(NC3(C)CC3)c2c1C(O)N1CCC(c2ccn(C(C)C)n2)CC1. The van der Waals surface area contributed by atoms with Crippen LogP contribution in [0.15, 0.2) is 23.0 Å². The van der Waals surface area contributed by atoms with Crippen molar-refractivity contribution in [1.29, 1.82) is 0 Å². The predicted molar refractivity (Wildman–Crippen MR) is 119 cm³/mol. The summed E-state index contributed by atoms with van der Waals surface area (Å²) in [7, 11) is 0. The highest BCUT2D eigenvalue weighted by Gasteiger charge is 2.39. The van der Waals surface area contributed by atoms with Gasteiger partial charge in [-0.2, -0.15) is 5.10 Å². The molecule has 5 rings (SSSR count). The maximum Gasteiger partial charge on any atom is 0.231 e. The summed E-state index contributed by atoms with van der Waals surface area (Å²) in [4.78, 5) is 10.9. The Hall–Kier alpha value is -2.45. The molecule has 1 aliphatic heterocycles. The van der Waals surface area contributed by atoms with Gasteiger partial charge in [0.25, 0.3) is 0 Å². The van der Waals surface area contributed by atoms with Gasteiger partial charge in [0.2, 0.25) is 5.71 Å². The molecule has 2 aliphatic rings. The lowest BCUT2D eigenvalue weighted by atomic mass is 9.93. The third-order valence-corrected chi connectivity index (χ3v) is 6.84. The Balaban J connectivity index is 1.35. The van der Waals surface area contributed by atoms with E-state index in [4.69, 9.17) is 9.52 Å². The van der Waals surface area contributed by atoms with Crippen LogP contribution in [0.1, 0.15) is 81.7 Å². The monoisotopic (exact) mass is 424 g/mol. The van der Waals surface area contributed by atoms with E-state index in [2.05, 4.69) is 53.2 Å². The number of piperidine rings is 1. The molecule has 3 aromatic rings. The number of hydrogen-bond donors (Lipinski definition) is 2. The van der Waals surface area contributed by atoms with Crippen LogP contribution in [0.5, 0.6) is 0 Å². The summed E-state index contributed by atoms with van der Waals surface area (Å²) in [6.07, 6.45) is 7.03. The van der Waals surface area contributed by atoms with E-state index < -0.39 is 6.23 Å². The van der Waals surface area contributed by atoms with Gasteiger partial charge < -0.3 is 14.8 Å². The van der Waals surface area contributed by atoms with Crippen LogP contribution < -0.4 is 5.32 Å². The Bertz CT molecular complexity index is 1080. The summed E-state index contributed by atoms with van der Waals surface area (Å²) in [5, 5.41) is 20.4. The van der Waals surface area contributed by atoms with Gasteiger partial charge in [-0.05, 0) is 59.4 Å². The Morgan fingerprint density at radius 2 is 1.97 bits per heavy atom. The summed E-state index contributed by atoms with van der Waals surface area (Å²) >= 11 is 0. The van der Waals surface area contributed by atoms with E-state index >= 15 is 0 Å². The molecule has 1 saturated heterocycles. The van der Waals surface area contributed by atoms with E-state index in [0.717, 1.165) is 61.2 Å². The average Bonchev–Trinajstić information content (AvgIpc) is 3.16. The second-order valence-electron chi connectivity index (χ2n) is 9.66. The fraction of sp³-hybridized carbons (Fsp3) is 0.609. The number of nitrogens with zero attached hydrogens (tertiary/aromatic N) is 5. The van der Waals surface area contributed by atoms with E-state index in [1.807, 2.05) is 11.6 Å². The van der Waals surface area contributed by atoms with Gasteiger partial charge >= 0.3 is 0 Å². The number of aryl methyl sites for hydroxylation is 1. The predicted octanol–water partition coefficient (Wildman–Crippen LogP) is 4.14. The molecular formula is C23H32N6O2. The molecule has 0 aromatic carbocycles. The first kappa shape index (κ1) is 20.5. The Morgan fingerprint density at radius 3 is 2.61 bits per heavy atom. The number of aliphatic hydroxyl groups is 1. The zero-order chi connectivity index (χ0) is 21.8. The fourth-order valence-corrected chi connectivity index (χ4v) is 4.55. The lowest BCUT2D eigenvalue weighted by Gasteiger charge is -2.34. The standard InChI is InChI=1S/C23H32N6O2/c1-14(2)29-12-7-17(27-29)16-5-10-28(11-6-16)22(30)18-15(3)31-21-19(18)20(24-13-25-21)26-23(4)8-9-23/h7,12-14,16,22,30H,5-6,8-11H2,1-4H3,(H,24,25,26). The van der Waals surface area contributed by atoms with E-state index in [1.165, 1.54) is 6.33 Å². The molecule has 8 nitrogen and oxygen atoms in total. The van der Waals surface area contributed by atoms with E-state index in [9.17, 15) is 5.11 Å². The van der Waals surface area contributed by atoms with E-state index in [1.54, 1.807) is 0 Å². The highest BCUT2D eigenvalue weighted by atomic mass is 16.3. The highest BCUT2D eigenvalue weighted by molar-refractivity contribution is 5.90. The van der Waals surface area contributed by atoms with Crippen molar-refractivity contribution in [3.05, 3.63) is 35.6 Å². The number of furan rings is 1. The summed E-state index contributed by atoms with van der Waals surface area (Å²) in [5.41, 5.74) is 2.55. The van der Waals surface area contributed by atoms with Gasteiger partial charge in [-0.25, -0.2) is 9.97 Å². The Kier molecular flexibility index (Phi) is 5.01. The smallest absolute Gasteiger partial charge is 0.231 e. The van der Waals surface area contributed by atoms with Crippen molar-refractivity contribution in [2.45, 2.75) is 77.1 Å². The molecule has 1 saturated carbocycles. The van der Waals surface area contributed by atoms with Crippen LogP contribution in [0, 0.1) is 6.92 Å². The number of nitrogens with one attached hydrogen (secondary N) is 1. The van der Waals surface area contributed by atoms with Crippen LogP contribution >= 0.6 is 0 Å². The van der Waals surface area contributed by atoms with Gasteiger partial charge in [-0.3, -0.25) is 9.58 Å². The molecule has 166 valence electrons. The number of hydrogen-bond acceptors (Lipinski definition) is 7. The Labute approximate surface area is 182 Å². The molecule has 0 radical (unpaired) electrons. The van der Waals surface area contributed by atoms with Crippen LogP contribution in [0.2, 0.25) is 0 Å². The molecule has 2 fully saturated rings. The topological polar surface area (TPSA) is 92.2 Å². The number of aromatic nitrogens is 4. The van der Waals surface area contributed by atoms with E-state index in [-0.39, 0.29) is 5.54 Å². The minimum Gasteiger partial charge on any atom is -0.442 e.